The molecular formula is C28H25FN2O5. The molecule has 4 aromatic rings. The van der Waals surface area contributed by atoms with Gasteiger partial charge in [-0.3, -0.25) is 9.36 Å². The number of halogens is 1. The van der Waals surface area contributed by atoms with Crippen molar-refractivity contribution in [1.82, 2.24) is 9.47 Å². The molecule has 0 aliphatic rings. The highest BCUT2D eigenvalue weighted by atomic mass is 19.1. The minimum atomic E-state index is -1.33. The summed E-state index contributed by atoms with van der Waals surface area (Å²) in [5, 5.41) is 10.2. The van der Waals surface area contributed by atoms with Gasteiger partial charge in [0.05, 0.1) is 0 Å². The fourth-order valence-electron chi connectivity index (χ4n) is 3.70. The lowest BCUT2D eigenvalue weighted by molar-refractivity contribution is 0.0682. The molecule has 4 rings (SSSR count). The number of amides is 1. The van der Waals surface area contributed by atoms with Crippen molar-refractivity contribution in [2.24, 2.45) is 0 Å². The van der Waals surface area contributed by atoms with Gasteiger partial charge in [0.15, 0.2) is 22.9 Å². The van der Waals surface area contributed by atoms with E-state index in [1.165, 1.54) is 33.7 Å². The van der Waals surface area contributed by atoms with E-state index in [-0.39, 0.29) is 41.8 Å². The highest BCUT2D eigenvalue weighted by molar-refractivity contribution is 6.02. The van der Waals surface area contributed by atoms with E-state index in [1.54, 1.807) is 14.1 Å². The average Bonchev–Trinajstić information content (AvgIpc) is 3.21. The van der Waals surface area contributed by atoms with Crippen LogP contribution in [0.3, 0.4) is 0 Å². The van der Waals surface area contributed by atoms with E-state index in [0.717, 1.165) is 11.1 Å². The lowest BCUT2D eigenvalue weighted by Crippen LogP contribution is -2.25. The fourth-order valence-corrected chi connectivity index (χ4v) is 3.70. The van der Waals surface area contributed by atoms with E-state index >= 15 is 0 Å². The maximum Gasteiger partial charge on any atom is 0.356 e. The van der Waals surface area contributed by atoms with Gasteiger partial charge >= 0.3 is 5.97 Å². The first-order valence-electron chi connectivity index (χ1n) is 11.2. The third-order valence-electron chi connectivity index (χ3n) is 5.43. The number of carbonyl (C=O) groups excluding carboxylic acids is 1. The van der Waals surface area contributed by atoms with E-state index in [9.17, 15) is 19.1 Å². The second-order valence-corrected chi connectivity index (χ2v) is 8.22. The van der Waals surface area contributed by atoms with Crippen molar-refractivity contribution in [1.29, 1.82) is 0 Å². The van der Waals surface area contributed by atoms with Crippen LogP contribution in [0.15, 0.2) is 84.9 Å². The van der Waals surface area contributed by atoms with Crippen LogP contribution >= 0.6 is 0 Å². The number of nitrogens with zero attached hydrogens (tertiary/aromatic N) is 2. The van der Waals surface area contributed by atoms with Crippen molar-refractivity contribution < 1.29 is 28.6 Å². The largest absolute Gasteiger partial charge is 0.483 e. The molecule has 0 fully saturated rings. The first-order valence-corrected chi connectivity index (χ1v) is 11.2. The Balaban J connectivity index is 1.92. The summed E-state index contributed by atoms with van der Waals surface area (Å²) in [5.74, 6) is -2.42. The Kier molecular flexibility index (Phi) is 7.34. The topological polar surface area (TPSA) is 81.0 Å². The molecule has 0 aliphatic carbocycles. The zero-order chi connectivity index (χ0) is 25.7. The van der Waals surface area contributed by atoms with Crippen molar-refractivity contribution >= 4 is 11.9 Å². The van der Waals surface area contributed by atoms with Gasteiger partial charge < -0.3 is 19.5 Å². The summed E-state index contributed by atoms with van der Waals surface area (Å²) in [7, 11) is 3.10. The molecule has 1 amide bonds. The molecule has 1 heterocycles. The second-order valence-electron chi connectivity index (χ2n) is 8.22. The van der Waals surface area contributed by atoms with Gasteiger partial charge in [-0.2, -0.15) is 0 Å². The third kappa shape index (κ3) is 5.22. The molecule has 0 aliphatic heterocycles. The number of aromatic nitrogens is 1. The SMILES string of the molecule is CN(C)C(=O)c1c(OCc2ccccc2)c(OCc2ccccc2)c(C(=O)O)n1-c1ccc(F)cc1. The molecule has 0 atom stereocenters. The number of benzene rings is 3. The number of ether oxygens (including phenoxy) is 2. The van der Waals surface area contributed by atoms with Gasteiger partial charge in [-0.1, -0.05) is 60.7 Å². The third-order valence-corrected chi connectivity index (χ3v) is 5.43. The maximum atomic E-state index is 13.7. The van der Waals surface area contributed by atoms with E-state index in [0.29, 0.717) is 0 Å². The highest BCUT2D eigenvalue weighted by Crippen LogP contribution is 2.42. The lowest BCUT2D eigenvalue weighted by Gasteiger charge is -2.16. The number of rotatable bonds is 9. The minimum absolute atomic E-state index is 0.00444. The first kappa shape index (κ1) is 24.5. The van der Waals surface area contributed by atoms with Crippen LogP contribution in [0.4, 0.5) is 4.39 Å². The van der Waals surface area contributed by atoms with Crippen LogP contribution in [0.5, 0.6) is 11.5 Å². The first-order chi connectivity index (χ1) is 17.4. The van der Waals surface area contributed by atoms with Gasteiger partial charge in [0, 0.05) is 19.8 Å². The standard InChI is InChI=1S/C28H25FN2O5/c1-30(2)27(32)23-25(35-17-19-9-5-3-6-10-19)26(36-18-20-11-7-4-8-12-20)24(28(33)34)31(23)22-15-13-21(29)14-16-22/h3-16H,17-18H2,1-2H3,(H,33,34). The van der Waals surface area contributed by atoms with Crippen molar-refractivity contribution in [3.8, 4) is 17.2 Å². The molecule has 0 spiro atoms. The van der Waals surface area contributed by atoms with Gasteiger partial charge in [-0.05, 0) is 35.4 Å². The van der Waals surface area contributed by atoms with Gasteiger partial charge in [0.2, 0.25) is 0 Å². The molecule has 0 saturated carbocycles. The smallest absolute Gasteiger partial charge is 0.356 e. The van der Waals surface area contributed by atoms with Crippen LogP contribution in [-0.4, -0.2) is 40.5 Å². The molecule has 8 heteroatoms. The summed E-state index contributed by atoms with van der Waals surface area (Å²) >= 11 is 0. The van der Waals surface area contributed by atoms with E-state index < -0.39 is 17.7 Å². The van der Waals surface area contributed by atoms with Crippen LogP contribution < -0.4 is 9.47 Å². The summed E-state index contributed by atoms with van der Waals surface area (Å²) in [6, 6.07) is 23.7. The van der Waals surface area contributed by atoms with E-state index in [4.69, 9.17) is 9.47 Å². The number of carbonyl (C=O) groups is 2. The molecule has 0 radical (unpaired) electrons. The highest BCUT2D eigenvalue weighted by Gasteiger charge is 2.35. The van der Waals surface area contributed by atoms with Crippen molar-refractivity contribution in [3.63, 3.8) is 0 Å². The quantitative estimate of drug-likeness (QED) is 0.351. The Bertz CT molecular complexity index is 1350. The Morgan fingerprint density at radius 1 is 0.778 bits per heavy atom. The summed E-state index contributed by atoms with van der Waals surface area (Å²) in [6.07, 6.45) is 0. The van der Waals surface area contributed by atoms with Gasteiger partial charge in [0.1, 0.15) is 19.0 Å². The molecule has 1 aromatic heterocycles. The molecule has 0 bridgehead atoms. The summed E-state index contributed by atoms with van der Waals surface area (Å²) in [6.45, 7) is 0.120. The minimum Gasteiger partial charge on any atom is -0.483 e. The zero-order valence-corrected chi connectivity index (χ0v) is 19.8. The molecule has 3 aromatic carbocycles. The normalized spacial score (nSPS) is 10.6. The van der Waals surface area contributed by atoms with Gasteiger partial charge in [-0.15, -0.1) is 0 Å². The van der Waals surface area contributed by atoms with Crippen molar-refractivity contribution in [3.05, 3.63) is 113 Å². The Hall–Kier alpha value is -4.59. The summed E-state index contributed by atoms with van der Waals surface area (Å²) < 4.78 is 27.1. The molecule has 1 N–H and O–H groups in total. The Morgan fingerprint density at radius 3 is 1.69 bits per heavy atom. The van der Waals surface area contributed by atoms with Crippen molar-refractivity contribution in [2.45, 2.75) is 13.2 Å². The molecule has 36 heavy (non-hydrogen) atoms. The average molecular weight is 489 g/mol. The molecule has 7 nitrogen and oxygen atoms in total. The number of carboxylic acid groups (broad SMARTS) is 1. The number of hydrogen-bond acceptors (Lipinski definition) is 4. The predicted molar refractivity (Wildman–Crippen MR) is 132 cm³/mol. The summed E-state index contributed by atoms with van der Waals surface area (Å²) in [5.41, 5.74) is 1.56. The molecular weight excluding hydrogens is 463 g/mol. The van der Waals surface area contributed by atoms with Crippen LogP contribution in [-0.2, 0) is 13.2 Å². The Labute approximate surface area is 207 Å². The molecule has 0 saturated heterocycles. The van der Waals surface area contributed by atoms with E-state index in [1.807, 2.05) is 60.7 Å². The lowest BCUT2D eigenvalue weighted by atomic mass is 10.2. The zero-order valence-electron chi connectivity index (χ0n) is 19.8. The van der Waals surface area contributed by atoms with Gasteiger partial charge in [-0.25, -0.2) is 9.18 Å². The molecule has 184 valence electrons. The fraction of sp³-hybridized carbons (Fsp3) is 0.143. The monoisotopic (exact) mass is 488 g/mol. The van der Waals surface area contributed by atoms with Crippen LogP contribution in [0.25, 0.3) is 5.69 Å². The number of aromatic carboxylic acids is 1. The van der Waals surface area contributed by atoms with Gasteiger partial charge in [0.25, 0.3) is 5.91 Å². The number of hydrogen-bond donors (Lipinski definition) is 1. The predicted octanol–water partition coefficient (Wildman–Crippen LogP) is 5.17. The van der Waals surface area contributed by atoms with Crippen LogP contribution in [0, 0.1) is 5.82 Å². The Morgan fingerprint density at radius 2 is 1.25 bits per heavy atom. The van der Waals surface area contributed by atoms with Crippen LogP contribution in [0.1, 0.15) is 32.1 Å². The summed E-state index contributed by atoms with van der Waals surface area (Å²) in [4.78, 5) is 27.3. The van der Waals surface area contributed by atoms with E-state index in [2.05, 4.69) is 0 Å². The van der Waals surface area contributed by atoms with Crippen LogP contribution in [0.2, 0.25) is 0 Å². The molecule has 0 unspecified atom stereocenters. The second kappa shape index (κ2) is 10.8. The van der Waals surface area contributed by atoms with Crippen molar-refractivity contribution in [2.75, 3.05) is 14.1 Å². The number of carboxylic acids is 1. The maximum absolute atomic E-state index is 13.7.